The molecule has 2 aromatic rings. The fraction of sp³-hybridized carbons (Fsp3) is 0.318. The molecule has 1 aromatic heterocycles. The number of benzene rings is 1. The average molecular weight is 485 g/mol. The summed E-state index contributed by atoms with van der Waals surface area (Å²) in [6.07, 6.45) is 7.40. The van der Waals surface area contributed by atoms with Crippen molar-refractivity contribution in [3.8, 4) is 0 Å². The van der Waals surface area contributed by atoms with Crippen LogP contribution in [-0.2, 0) is 16.2 Å². The van der Waals surface area contributed by atoms with Crippen molar-refractivity contribution in [3.63, 3.8) is 0 Å². The van der Waals surface area contributed by atoms with E-state index in [-0.39, 0.29) is 57.2 Å². The van der Waals surface area contributed by atoms with E-state index in [0.29, 0.717) is 30.3 Å². The van der Waals surface area contributed by atoms with Gasteiger partial charge in [0.15, 0.2) is 0 Å². The topological polar surface area (TPSA) is 90.4 Å². The van der Waals surface area contributed by atoms with Gasteiger partial charge in [-0.15, -0.1) is 11.3 Å². The average Bonchev–Trinajstić information content (AvgIpc) is 3.24. The molecule has 1 aromatic carbocycles. The Morgan fingerprint density at radius 2 is 2.09 bits per heavy atom. The van der Waals surface area contributed by atoms with E-state index in [1.807, 2.05) is 25.1 Å². The number of thiazole rings is 1. The Labute approximate surface area is 234 Å². The number of hydrogen-bond acceptors (Lipinski definition) is 7. The normalized spacial score (nSPS) is 13.5. The van der Waals surface area contributed by atoms with Crippen molar-refractivity contribution in [2.24, 2.45) is 10.3 Å². The molecular weight excluding hydrogens is 458 g/mol. The van der Waals surface area contributed by atoms with Crippen LogP contribution in [0.2, 0.25) is 0 Å². The number of methoxy groups -OCH3 is 1. The van der Waals surface area contributed by atoms with Gasteiger partial charge in [0.2, 0.25) is 0 Å². The number of nitrogens with zero attached hydrogens (tertiary/aromatic N) is 4. The molecular formula is C22H26FKN4O3S. The number of allylic oxidation sites excluding steroid dienone is 4. The van der Waals surface area contributed by atoms with Crippen LogP contribution in [-0.4, -0.2) is 43.5 Å². The number of rotatable bonds is 6. The van der Waals surface area contributed by atoms with Gasteiger partial charge in [0.25, 0.3) is 0 Å². The van der Waals surface area contributed by atoms with Crippen molar-refractivity contribution in [1.29, 1.82) is 0 Å². The molecule has 1 heterocycles. The van der Waals surface area contributed by atoms with Crippen molar-refractivity contribution < 1.29 is 70.6 Å². The predicted octanol–water partition coefficient (Wildman–Crippen LogP) is 2.44. The van der Waals surface area contributed by atoms with Gasteiger partial charge in [-0.2, -0.15) is 0 Å². The molecule has 10 heteroatoms. The summed E-state index contributed by atoms with van der Waals surface area (Å²) in [6.45, 7) is 2.58. The van der Waals surface area contributed by atoms with E-state index in [0.717, 1.165) is 27.1 Å². The summed E-state index contributed by atoms with van der Waals surface area (Å²) < 4.78 is 17.9. The molecule has 0 amide bonds. The van der Waals surface area contributed by atoms with Gasteiger partial charge in [0, 0.05) is 19.7 Å². The molecule has 0 spiro atoms. The zero-order valence-corrected chi connectivity index (χ0v) is 22.9. The third kappa shape index (κ3) is 8.51. The maximum Gasteiger partial charge on any atom is 1.00 e. The molecule has 0 saturated heterocycles. The Hall–Kier alpha value is -1.40. The molecule has 0 saturated carbocycles. The molecule has 1 aliphatic carbocycles. The minimum absolute atomic E-state index is 0. The van der Waals surface area contributed by atoms with Gasteiger partial charge in [0.05, 0.1) is 18.6 Å². The molecule has 166 valence electrons. The third-order valence-corrected chi connectivity index (χ3v) is 5.44. The number of halogens is 1. The standard InChI is InChI=1S/C12H17N2O2.C10H9FN2OS.K/c1-9-6-5-7-10(11(9)8-15-3)12(13-2)14-16-4;11-8-3-1-7(2-4-8)9-5-12-10(15-9)6-13-14;/h5-7H,8H2,1-4H3;1,3,5-6,14H,2,4H2;/q-1;;+1/b;13-6+;. The van der Waals surface area contributed by atoms with Gasteiger partial charge >= 0.3 is 51.4 Å². The van der Waals surface area contributed by atoms with E-state index in [1.54, 1.807) is 26.4 Å². The molecule has 0 unspecified atom stereocenters. The Bertz CT molecular complexity index is 989. The van der Waals surface area contributed by atoms with Crippen LogP contribution in [0.1, 0.15) is 39.4 Å². The van der Waals surface area contributed by atoms with Gasteiger partial charge in [-0.25, -0.2) is 9.37 Å². The summed E-state index contributed by atoms with van der Waals surface area (Å²) >= 11 is 1.42. The number of aromatic nitrogens is 1. The quantitative estimate of drug-likeness (QED) is 0.224. The first-order valence-corrected chi connectivity index (χ1v) is 10.3. The van der Waals surface area contributed by atoms with Crippen LogP contribution in [0.4, 0.5) is 4.39 Å². The van der Waals surface area contributed by atoms with Crippen LogP contribution in [0.15, 0.2) is 52.7 Å². The van der Waals surface area contributed by atoms with Crippen LogP contribution >= 0.6 is 11.3 Å². The summed E-state index contributed by atoms with van der Waals surface area (Å²) in [4.78, 5) is 9.82. The second-order valence-electron chi connectivity index (χ2n) is 6.47. The fourth-order valence-electron chi connectivity index (χ4n) is 2.91. The van der Waals surface area contributed by atoms with E-state index < -0.39 is 0 Å². The monoisotopic (exact) mass is 484 g/mol. The number of amidine groups is 1. The van der Waals surface area contributed by atoms with Gasteiger partial charge in [0.1, 0.15) is 17.0 Å². The van der Waals surface area contributed by atoms with Crippen molar-refractivity contribution >= 4 is 29.0 Å². The first-order valence-electron chi connectivity index (χ1n) is 9.51. The smallest absolute Gasteiger partial charge is 0.497 e. The van der Waals surface area contributed by atoms with E-state index in [9.17, 15) is 4.39 Å². The molecule has 0 atom stereocenters. The van der Waals surface area contributed by atoms with Crippen molar-refractivity contribution in [2.75, 3.05) is 21.3 Å². The van der Waals surface area contributed by atoms with E-state index in [4.69, 9.17) is 14.8 Å². The minimum Gasteiger partial charge on any atom is -0.497 e. The predicted molar refractivity (Wildman–Crippen MR) is 123 cm³/mol. The van der Waals surface area contributed by atoms with Crippen LogP contribution in [0.25, 0.3) is 10.9 Å². The summed E-state index contributed by atoms with van der Waals surface area (Å²) in [5.41, 5.74) is 4.27. The molecule has 3 rings (SSSR count). The van der Waals surface area contributed by atoms with Crippen molar-refractivity contribution in [2.45, 2.75) is 26.4 Å². The van der Waals surface area contributed by atoms with Crippen molar-refractivity contribution in [1.82, 2.24) is 4.98 Å². The first kappa shape index (κ1) is 28.6. The van der Waals surface area contributed by atoms with Gasteiger partial charge in [-0.1, -0.05) is 36.5 Å². The Kier molecular flexibility index (Phi) is 13.8. The second kappa shape index (κ2) is 15.4. The SMILES string of the molecule is C[N-]/C(=N/OC)c1cccc(C)c1COC.O/N=C/c1ncc(C2=CC=C(F)CC2)s1.[K+]. The maximum atomic E-state index is 12.7. The molecule has 1 aliphatic rings. The summed E-state index contributed by atoms with van der Waals surface area (Å²) in [7, 11) is 4.88. The van der Waals surface area contributed by atoms with E-state index >= 15 is 0 Å². The minimum atomic E-state index is -0.0830. The number of aryl methyl sites for hydroxylation is 1. The number of hydrogen-bond donors (Lipinski definition) is 1. The van der Waals surface area contributed by atoms with E-state index in [2.05, 4.69) is 20.6 Å². The maximum absolute atomic E-state index is 12.7. The molecule has 1 N–H and O–H groups in total. The van der Waals surface area contributed by atoms with Gasteiger partial charge < -0.3 is 20.1 Å². The largest absolute Gasteiger partial charge is 1.00 e. The van der Waals surface area contributed by atoms with Gasteiger partial charge in [-0.3, -0.25) is 5.16 Å². The Balaban J connectivity index is 0.000000311. The second-order valence-corrected chi connectivity index (χ2v) is 7.53. The van der Waals surface area contributed by atoms with Crippen LogP contribution in [0, 0.1) is 6.92 Å². The summed E-state index contributed by atoms with van der Waals surface area (Å²) in [6, 6.07) is 5.98. The molecule has 7 nitrogen and oxygen atoms in total. The van der Waals surface area contributed by atoms with Crippen molar-refractivity contribution in [3.05, 3.63) is 74.3 Å². The van der Waals surface area contributed by atoms with Gasteiger partial charge in [-0.05, 0) is 47.5 Å². The Morgan fingerprint density at radius 1 is 1.31 bits per heavy atom. The van der Waals surface area contributed by atoms with Crippen LogP contribution in [0.3, 0.4) is 0 Å². The molecule has 0 radical (unpaired) electrons. The first-order chi connectivity index (χ1) is 15.0. The molecule has 32 heavy (non-hydrogen) atoms. The molecule has 0 bridgehead atoms. The fourth-order valence-corrected chi connectivity index (χ4v) is 3.74. The van der Waals surface area contributed by atoms with E-state index in [1.165, 1.54) is 30.7 Å². The zero-order chi connectivity index (χ0) is 22.6. The number of ether oxygens (including phenoxy) is 1. The number of oxime groups is 2. The summed E-state index contributed by atoms with van der Waals surface area (Å²) in [5.74, 6) is 0.499. The Morgan fingerprint density at radius 3 is 2.69 bits per heavy atom. The summed E-state index contributed by atoms with van der Waals surface area (Å²) in [5, 5.41) is 19.9. The molecule has 0 fully saturated rings. The third-order valence-electron chi connectivity index (χ3n) is 4.44. The van der Waals surface area contributed by atoms with Crippen LogP contribution in [0.5, 0.6) is 0 Å². The zero-order valence-electron chi connectivity index (χ0n) is 19.0. The van der Waals surface area contributed by atoms with Crippen LogP contribution < -0.4 is 51.4 Å². The molecule has 0 aliphatic heterocycles.